The Morgan fingerprint density at radius 1 is 1.06 bits per heavy atom. The lowest BCUT2D eigenvalue weighted by molar-refractivity contribution is -0.140. The van der Waals surface area contributed by atoms with Gasteiger partial charge in [-0.05, 0) is 30.5 Å². The molecular weight excluding hydrogens is 460 g/mol. The highest BCUT2D eigenvalue weighted by Crippen LogP contribution is 2.24. The number of Topliss-reactive ketones (excluding diaryl/α,β-unsaturated/α-hetero) is 1. The number of benzene rings is 1. The number of hydrogen-bond donors (Lipinski definition) is 3. The second-order valence-corrected chi connectivity index (χ2v) is 9.73. The van der Waals surface area contributed by atoms with E-state index in [0.717, 1.165) is 6.42 Å². The summed E-state index contributed by atoms with van der Waals surface area (Å²) in [5.41, 5.74) is 0.586. The van der Waals surface area contributed by atoms with Gasteiger partial charge in [0.1, 0.15) is 17.5 Å². The second-order valence-electron chi connectivity index (χ2n) is 8.30. The fraction of sp³-hybridized carbons (Fsp3) is 0.583. The summed E-state index contributed by atoms with van der Waals surface area (Å²) < 4.78 is 10.5. The van der Waals surface area contributed by atoms with Gasteiger partial charge in [-0.15, -0.1) is 0 Å². The van der Waals surface area contributed by atoms with Crippen molar-refractivity contribution >= 4 is 35.3 Å². The predicted octanol–water partition coefficient (Wildman–Crippen LogP) is 2.45. The molecular formula is C24H36N2O7S. The molecule has 0 spiro atoms. The van der Waals surface area contributed by atoms with Gasteiger partial charge in [-0.3, -0.25) is 19.2 Å². The molecule has 0 fully saturated rings. The number of carbonyl (C=O) groups excluding carboxylic acids is 3. The second kappa shape index (κ2) is 14.5. The number of ether oxygens (including phenoxy) is 2. The van der Waals surface area contributed by atoms with Gasteiger partial charge in [0.05, 0.1) is 38.9 Å². The smallest absolute Gasteiger partial charge is 0.305 e. The molecule has 1 aromatic carbocycles. The number of carbonyl (C=O) groups is 4. The average Bonchev–Trinajstić information content (AvgIpc) is 2.79. The van der Waals surface area contributed by atoms with Gasteiger partial charge in [-0.25, -0.2) is 0 Å². The van der Waals surface area contributed by atoms with Crippen LogP contribution in [0.5, 0.6) is 11.5 Å². The molecule has 3 N–H and O–H groups in total. The van der Waals surface area contributed by atoms with Gasteiger partial charge in [0, 0.05) is 10.8 Å². The molecule has 34 heavy (non-hydrogen) atoms. The highest BCUT2D eigenvalue weighted by Gasteiger charge is 2.30. The van der Waals surface area contributed by atoms with Crippen molar-refractivity contribution in [2.75, 3.05) is 20.0 Å². The standard InChI is InChI=1S/C24H36N2O7S/c1-7-15(4)34-13-19(27)18(12-22(29)30)25-24(31)23(14(2)3)26-21(28)11-16-10-17(32-5)8-9-20(16)33-6/h8-10,14-15,18,23H,7,11-13H2,1-6H3,(H,25,31)(H,26,28)(H,29,30). The molecule has 3 atom stereocenters. The summed E-state index contributed by atoms with van der Waals surface area (Å²) in [7, 11) is 3.01. The number of nitrogens with one attached hydrogen (secondary N) is 2. The van der Waals surface area contributed by atoms with Crippen LogP contribution < -0.4 is 20.1 Å². The zero-order valence-corrected chi connectivity index (χ0v) is 21.5. The van der Waals surface area contributed by atoms with E-state index in [1.807, 2.05) is 13.8 Å². The van der Waals surface area contributed by atoms with Crippen LogP contribution in [0.1, 0.15) is 46.1 Å². The van der Waals surface area contributed by atoms with Crippen molar-refractivity contribution < 1.29 is 33.8 Å². The number of rotatable bonds is 15. The van der Waals surface area contributed by atoms with Gasteiger partial charge in [-0.2, -0.15) is 11.8 Å². The highest BCUT2D eigenvalue weighted by molar-refractivity contribution is 8.00. The Balaban J connectivity index is 2.92. The lowest BCUT2D eigenvalue weighted by atomic mass is 10.0. The maximum Gasteiger partial charge on any atom is 0.305 e. The maximum absolute atomic E-state index is 13.0. The Morgan fingerprint density at radius 2 is 1.74 bits per heavy atom. The summed E-state index contributed by atoms with van der Waals surface area (Å²) in [5.74, 6) is -1.71. The van der Waals surface area contributed by atoms with Crippen LogP contribution in [0.4, 0.5) is 0 Å². The van der Waals surface area contributed by atoms with Crippen molar-refractivity contribution in [2.45, 2.75) is 64.3 Å². The summed E-state index contributed by atoms with van der Waals surface area (Å²) in [4.78, 5) is 49.6. The van der Waals surface area contributed by atoms with E-state index in [4.69, 9.17) is 9.47 Å². The van der Waals surface area contributed by atoms with Crippen molar-refractivity contribution in [3.05, 3.63) is 23.8 Å². The van der Waals surface area contributed by atoms with Crippen molar-refractivity contribution in [3.8, 4) is 11.5 Å². The number of amides is 2. The van der Waals surface area contributed by atoms with Gasteiger partial charge in [0.2, 0.25) is 11.8 Å². The van der Waals surface area contributed by atoms with Crippen molar-refractivity contribution in [3.63, 3.8) is 0 Å². The van der Waals surface area contributed by atoms with Gasteiger partial charge >= 0.3 is 5.97 Å². The van der Waals surface area contributed by atoms with Crippen LogP contribution in [-0.4, -0.2) is 66.0 Å². The summed E-state index contributed by atoms with van der Waals surface area (Å²) >= 11 is 1.41. The molecule has 0 aliphatic carbocycles. The minimum atomic E-state index is -1.19. The van der Waals surface area contributed by atoms with Gasteiger partial charge in [0.25, 0.3) is 0 Å². The molecule has 1 rings (SSSR count). The van der Waals surface area contributed by atoms with Crippen LogP contribution >= 0.6 is 11.8 Å². The normalized spacial score (nSPS) is 13.5. The largest absolute Gasteiger partial charge is 0.497 e. The number of ketones is 1. The fourth-order valence-electron chi connectivity index (χ4n) is 3.08. The van der Waals surface area contributed by atoms with E-state index in [9.17, 15) is 24.3 Å². The fourth-order valence-corrected chi connectivity index (χ4v) is 3.96. The van der Waals surface area contributed by atoms with Crippen molar-refractivity contribution in [2.24, 2.45) is 5.92 Å². The van der Waals surface area contributed by atoms with E-state index in [-0.39, 0.29) is 29.1 Å². The molecule has 190 valence electrons. The van der Waals surface area contributed by atoms with Crippen LogP contribution in [0.3, 0.4) is 0 Å². The molecule has 0 aliphatic heterocycles. The number of carboxylic acids is 1. The van der Waals surface area contributed by atoms with Crippen LogP contribution in [0, 0.1) is 5.92 Å². The summed E-state index contributed by atoms with van der Waals surface area (Å²) in [6.07, 6.45) is 0.290. The van der Waals surface area contributed by atoms with Gasteiger partial charge in [0.15, 0.2) is 5.78 Å². The minimum absolute atomic E-state index is 0.0557. The zero-order chi connectivity index (χ0) is 25.8. The van der Waals surface area contributed by atoms with E-state index in [0.29, 0.717) is 17.1 Å². The molecule has 9 nitrogen and oxygen atoms in total. The maximum atomic E-state index is 13.0. The van der Waals surface area contributed by atoms with Crippen molar-refractivity contribution in [1.29, 1.82) is 0 Å². The molecule has 10 heteroatoms. The quantitative estimate of drug-likeness (QED) is 0.337. The Labute approximate surface area is 205 Å². The van der Waals surface area contributed by atoms with Gasteiger partial charge < -0.3 is 25.2 Å². The zero-order valence-electron chi connectivity index (χ0n) is 20.7. The molecule has 1 aromatic rings. The van der Waals surface area contributed by atoms with Gasteiger partial charge in [-0.1, -0.05) is 27.7 Å². The van der Waals surface area contributed by atoms with Crippen LogP contribution in [-0.2, 0) is 25.6 Å². The first-order valence-corrected chi connectivity index (χ1v) is 12.2. The number of thioether (sulfide) groups is 1. The molecule has 0 saturated heterocycles. The molecule has 2 amide bonds. The molecule has 3 unspecified atom stereocenters. The Hall–Kier alpha value is -2.75. The first-order chi connectivity index (χ1) is 16.0. The third-order valence-electron chi connectivity index (χ3n) is 5.27. The van der Waals surface area contributed by atoms with Crippen molar-refractivity contribution in [1.82, 2.24) is 10.6 Å². The average molecular weight is 497 g/mol. The number of methoxy groups -OCH3 is 2. The van der Waals surface area contributed by atoms with Crippen LogP contribution in [0.15, 0.2) is 18.2 Å². The summed E-state index contributed by atoms with van der Waals surface area (Å²) in [6.45, 7) is 7.48. The summed E-state index contributed by atoms with van der Waals surface area (Å²) in [5, 5.41) is 14.7. The third kappa shape index (κ3) is 9.62. The summed E-state index contributed by atoms with van der Waals surface area (Å²) in [6, 6.07) is 2.96. The van der Waals surface area contributed by atoms with E-state index in [1.165, 1.54) is 26.0 Å². The molecule has 0 radical (unpaired) electrons. The number of carboxylic acid groups (broad SMARTS) is 1. The Kier molecular flexibility index (Phi) is 12.5. The SMILES string of the molecule is CCC(C)SCC(=O)C(CC(=O)O)NC(=O)C(NC(=O)Cc1cc(OC)ccc1OC)C(C)C. The van der Waals surface area contributed by atoms with E-state index in [1.54, 1.807) is 32.0 Å². The molecule has 0 heterocycles. The molecule has 0 aromatic heterocycles. The number of aliphatic carboxylic acids is 1. The lowest BCUT2D eigenvalue weighted by Crippen LogP contribution is -2.54. The Bertz CT molecular complexity index is 860. The molecule has 0 aliphatic rings. The topological polar surface area (TPSA) is 131 Å². The van der Waals surface area contributed by atoms with E-state index in [2.05, 4.69) is 10.6 Å². The molecule has 0 saturated carbocycles. The predicted molar refractivity (Wildman–Crippen MR) is 131 cm³/mol. The monoisotopic (exact) mass is 496 g/mol. The van der Waals surface area contributed by atoms with E-state index >= 15 is 0 Å². The lowest BCUT2D eigenvalue weighted by Gasteiger charge is -2.25. The number of hydrogen-bond acceptors (Lipinski definition) is 7. The first-order valence-electron chi connectivity index (χ1n) is 11.2. The highest BCUT2D eigenvalue weighted by atomic mass is 32.2. The molecule has 0 bridgehead atoms. The third-order valence-corrected chi connectivity index (χ3v) is 6.63. The minimum Gasteiger partial charge on any atom is -0.497 e. The van der Waals surface area contributed by atoms with Crippen LogP contribution in [0.2, 0.25) is 0 Å². The first kappa shape index (κ1) is 29.3. The van der Waals surface area contributed by atoms with E-state index < -0.39 is 36.3 Å². The van der Waals surface area contributed by atoms with Crippen LogP contribution in [0.25, 0.3) is 0 Å². The Morgan fingerprint density at radius 3 is 2.26 bits per heavy atom.